The Hall–Kier alpha value is -0.0800. The van der Waals surface area contributed by atoms with Gasteiger partial charge in [-0.3, -0.25) is 0 Å². The number of hydrogen-bond acceptors (Lipinski definition) is 2. The van der Waals surface area contributed by atoms with Gasteiger partial charge in [-0.1, -0.05) is 23.2 Å². The predicted octanol–water partition coefficient (Wildman–Crippen LogP) is 6.10. The van der Waals surface area contributed by atoms with Gasteiger partial charge in [-0.15, -0.1) is 0 Å². The van der Waals surface area contributed by atoms with Crippen molar-refractivity contribution in [3.05, 3.63) is 10.3 Å². The third-order valence-electron chi connectivity index (χ3n) is 10.1. The molecule has 0 unspecified atom stereocenters. The van der Waals surface area contributed by atoms with Crippen LogP contribution < -0.4 is 0 Å². The Morgan fingerprint density at radius 1 is 0.519 bits per heavy atom. The fraction of sp³-hybridized carbons (Fsp3) is 0.913. The lowest BCUT2D eigenvalue weighted by atomic mass is 9.52. The summed E-state index contributed by atoms with van der Waals surface area (Å²) in [6, 6.07) is 0. The zero-order valence-electron chi connectivity index (χ0n) is 16.3. The van der Waals surface area contributed by atoms with Crippen molar-refractivity contribution < 1.29 is 0 Å². The van der Waals surface area contributed by atoms with E-state index in [4.69, 9.17) is 23.2 Å². The van der Waals surface area contributed by atoms with E-state index in [1.807, 2.05) is 0 Å². The first-order valence-electron chi connectivity index (χ1n) is 11.6. The summed E-state index contributed by atoms with van der Waals surface area (Å²) in [7, 11) is 0. The maximum absolute atomic E-state index is 7.03. The molecule has 0 spiro atoms. The van der Waals surface area contributed by atoms with E-state index in [0.29, 0.717) is 11.1 Å². The van der Waals surface area contributed by atoms with E-state index in [1.165, 1.54) is 77.0 Å². The van der Waals surface area contributed by atoms with Crippen molar-refractivity contribution in [2.45, 2.75) is 88.1 Å². The van der Waals surface area contributed by atoms with E-state index in [2.05, 4.69) is 9.80 Å². The molecule has 8 saturated carbocycles. The smallest absolute Gasteiger partial charge is 0.142 e. The topological polar surface area (TPSA) is 6.48 Å². The van der Waals surface area contributed by atoms with E-state index in [-0.39, 0.29) is 0 Å². The number of hydrogen-bond donors (Lipinski definition) is 0. The van der Waals surface area contributed by atoms with Crippen molar-refractivity contribution in [2.75, 3.05) is 6.67 Å². The quantitative estimate of drug-likeness (QED) is 0.510. The number of rotatable bonds is 2. The Morgan fingerprint density at radius 2 is 0.778 bits per heavy atom. The van der Waals surface area contributed by atoms with Gasteiger partial charge in [0.1, 0.15) is 10.3 Å². The van der Waals surface area contributed by atoms with Crippen LogP contribution in [0.4, 0.5) is 0 Å². The molecule has 9 aliphatic rings. The maximum Gasteiger partial charge on any atom is 0.142 e. The monoisotopic (exact) mass is 406 g/mol. The summed E-state index contributed by atoms with van der Waals surface area (Å²) < 4.78 is 0. The van der Waals surface area contributed by atoms with Gasteiger partial charge in [0.2, 0.25) is 0 Å². The van der Waals surface area contributed by atoms with Crippen molar-refractivity contribution in [3.63, 3.8) is 0 Å². The Balaban J connectivity index is 1.22. The lowest BCUT2D eigenvalue weighted by Gasteiger charge is -2.62. The largest absolute Gasteiger partial charge is 0.336 e. The van der Waals surface area contributed by atoms with Gasteiger partial charge in [0, 0.05) is 11.1 Å². The van der Waals surface area contributed by atoms with E-state index in [1.54, 1.807) is 0 Å². The SMILES string of the molecule is ClC1=C(Cl)N(C23CC4CC(CC(C4)C2)C3)CN1C12CC3CC(CC(C3)C1)C2. The highest BCUT2D eigenvalue weighted by molar-refractivity contribution is 6.39. The molecule has 8 bridgehead atoms. The molecule has 0 radical (unpaired) electrons. The van der Waals surface area contributed by atoms with Crippen molar-refractivity contribution in [1.29, 1.82) is 0 Å². The second kappa shape index (κ2) is 5.34. The molecule has 2 nitrogen and oxygen atoms in total. The molecule has 8 fully saturated rings. The Morgan fingerprint density at radius 3 is 1.04 bits per heavy atom. The fourth-order valence-corrected chi connectivity index (χ4v) is 10.7. The molecule has 0 saturated heterocycles. The van der Waals surface area contributed by atoms with Crippen molar-refractivity contribution >= 4 is 23.2 Å². The van der Waals surface area contributed by atoms with E-state index in [0.717, 1.165) is 52.5 Å². The highest BCUT2D eigenvalue weighted by Crippen LogP contribution is 2.63. The van der Waals surface area contributed by atoms with Gasteiger partial charge in [-0.2, -0.15) is 0 Å². The average molecular weight is 407 g/mol. The Labute approximate surface area is 173 Å². The molecule has 1 aliphatic heterocycles. The summed E-state index contributed by atoms with van der Waals surface area (Å²) >= 11 is 14.1. The minimum Gasteiger partial charge on any atom is -0.336 e. The van der Waals surface area contributed by atoms with E-state index >= 15 is 0 Å². The zero-order chi connectivity index (χ0) is 18.0. The van der Waals surface area contributed by atoms with E-state index < -0.39 is 0 Å². The van der Waals surface area contributed by atoms with Gasteiger partial charge in [-0.25, -0.2) is 0 Å². The van der Waals surface area contributed by atoms with Crippen molar-refractivity contribution in [2.24, 2.45) is 35.5 Å². The molecule has 0 atom stereocenters. The van der Waals surface area contributed by atoms with Crippen LogP contribution in [0, 0.1) is 35.5 Å². The summed E-state index contributed by atoms with van der Waals surface area (Å²) in [5.74, 6) is 5.71. The van der Waals surface area contributed by atoms with E-state index in [9.17, 15) is 0 Å². The molecule has 27 heavy (non-hydrogen) atoms. The molecule has 0 aromatic heterocycles. The van der Waals surface area contributed by atoms with Crippen LogP contribution in [-0.4, -0.2) is 27.5 Å². The average Bonchev–Trinajstić information content (AvgIpc) is 2.89. The van der Waals surface area contributed by atoms with Crippen LogP contribution in [0.2, 0.25) is 0 Å². The molecule has 0 aromatic rings. The molecule has 0 aromatic carbocycles. The van der Waals surface area contributed by atoms with Gasteiger partial charge >= 0.3 is 0 Å². The first-order valence-corrected chi connectivity index (χ1v) is 12.4. The third-order valence-corrected chi connectivity index (χ3v) is 10.9. The van der Waals surface area contributed by atoms with Crippen LogP contribution >= 0.6 is 23.2 Å². The summed E-state index contributed by atoms with van der Waals surface area (Å²) in [4.78, 5) is 5.22. The molecule has 0 N–H and O–H groups in total. The summed E-state index contributed by atoms with van der Waals surface area (Å²) in [5.41, 5.74) is 0.645. The summed E-state index contributed by atoms with van der Waals surface area (Å²) in [5, 5.41) is 1.80. The molecule has 148 valence electrons. The Kier molecular flexibility index (Phi) is 3.30. The standard InChI is InChI=1S/C23H32Cl2N2/c24-20-21(25)27(23-10-17-4-18(11-23)6-19(5-17)12-23)13-26(20)22-7-14-1-15(8-22)3-16(2-14)9-22/h14-19H,1-13H2. The second-order valence-corrected chi connectivity index (χ2v) is 12.6. The third kappa shape index (κ3) is 2.21. The van der Waals surface area contributed by atoms with Crippen LogP contribution in [0.3, 0.4) is 0 Å². The van der Waals surface area contributed by atoms with Gasteiger partial charge in [0.15, 0.2) is 0 Å². The predicted molar refractivity (Wildman–Crippen MR) is 109 cm³/mol. The summed E-state index contributed by atoms with van der Waals surface area (Å²) in [6.45, 7) is 0.982. The normalized spacial score (nSPS) is 55.3. The lowest BCUT2D eigenvalue weighted by molar-refractivity contribution is -0.107. The molecule has 1 heterocycles. The molecule has 9 rings (SSSR count). The van der Waals surface area contributed by atoms with Gasteiger partial charge in [0.05, 0.1) is 6.67 Å². The Bertz CT molecular complexity index is 585. The minimum atomic E-state index is 0.322. The first kappa shape index (κ1) is 16.7. The van der Waals surface area contributed by atoms with Crippen molar-refractivity contribution in [1.82, 2.24) is 9.80 Å². The van der Waals surface area contributed by atoms with Crippen LogP contribution in [-0.2, 0) is 0 Å². The highest BCUT2D eigenvalue weighted by atomic mass is 35.5. The number of halogens is 2. The lowest BCUT2D eigenvalue weighted by Crippen LogP contribution is -2.62. The van der Waals surface area contributed by atoms with Crippen LogP contribution in [0.5, 0.6) is 0 Å². The zero-order valence-corrected chi connectivity index (χ0v) is 17.8. The van der Waals surface area contributed by atoms with Gasteiger partial charge < -0.3 is 9.80 Å². The van der Waals surface area contributed by atoms with Crippen LogP contribution in [0.25, 0.3) is 0 Å². The van der Waals surface area contributed by atoms with Crippen LogP contribution in [0.1, 0.15) is 77.0 Å². The second-order valence-electron chi connectivity index (χ2n) is 11.9. The summed E-state index contributed by atoms with van der Waals surface area (Å²) in [6.07, 6.45) is 17.1. The minimum absolute atomic E-state index is 0.322. The molecule has 4 heteroatoms. The van der Waals surface area contributed by atoms with Crippen LogP contribution in [0.15, 0.2) is 10.3 Å². The fourth-order valence-electron chi connectivity index (χ4n) is 10.00. The molecule has 0 amide bonds. The molecule has 8 aliphatic carbocycles. The van der Waals surface area contributed by atoms with Gasteiger partial charge in [0.25, 0.3) is 0 Å². The van der Waals surface area contributed by atoms with Gasteiger partial charge in [-0.05, 0) is 113 Å². The molecular formula is C23H32Cl2N2. The maximum atomic E-state index is 7.03. The highest BCUT2D eigenvalue weighted by Gasteiger charge is 2.59. The van der Waals surface area contributed by atoms with Crippen molar-refractivity contribution in [3.8, 4) is 0 Å². The molecular weight excluding hydrogens is 375 g/mol. The number of nitrogens with zero attached hydrogens (tertiary/aromatic N) is 2. The first-order chi connectivity index (χ1) is 13.0.